The van der Waals surface area contributed by atoms with Gasteiger partial charge in [0.1, 0.15) is 12.6 Å². The molecule has 42 heavy (non-hydrogen) atoms. The number of anilines is 1. The van der Waals surface area contributed by atoms with E-state index >= 15 is 0 Å². The molecule has 3 aromatic carbocycles. The van der Waals surface area contributed by atoms with Gasteiger partial charge in [0.25, 0.3) is 10.0 Å². The third kappa shape index (κ3) is 8.03. The van der Waals surface area contributed by atoms with Crippen LogP contribution in [-0.4, -0.2) is 58.5 Å². The van der Waals surface area contributed by atoms with E-state index in [9.17, 15) is 18.0 Å². The largest absolute Gasteiger partial charge is 0.493 e. The molecule has 0 aliphatic rings. The lowest BCUT2D eigenvalue weighted by molar-refractivity contribution is -0.140. The fraction of sp³-hybridized carbons (Fsp3) is 0.375. The average molecular weight is 596 g/mol. The number of unbranched alkanes of at least 4 members (excludes halogenated alkanes) is 1. The number of ether oxygens (including phenoxy) is 2. The average Bonchev–Trinajstić information content (AvgIpc) is 2.99. The number of methoxy groups -OCH3 is 2. The Kier molecular flexibility index (Phi) is 11.8. The van der Waals surface area contributed by atoms with Crippen molar-refractivity contribution in [3.63, 3.8) is 0 Å². The molecule has 9 nitrogen and oxygen atoms in total. The molecule has 0 fully saturated rings. The zero-order valence-electron chi connectivity index (χ0n) is 25.0. The number of hydrogen-bond donors (Lipinski definition) is 1. The number of nitrogens with one attached hydrogen (secondary N) is 1. The Morgan fingerprint density at radius 3 is 2.24 bits per heavy atom. The van der Waals surface area contributed by atoms with Crippen molar-refractivity contribution < 1.29 is 27.5 Å². The van der Waals surface area contributed by atoms with Gasteiger partial charge in [-0.05, 0) is 49.6 Å². The molecule has 0 radical (unpaired) electrons. The Bertz CT molecular complexity index is 1450. The van der Waals surface area contributed by atoms with E-state index in [1.807, 2.05) is 45.0 Å². The van der Waals surface area contributed by atoms with Crippen LogP contribution in [0.1, 0.15) is 44.2 Å². The van der Waals surface area contributed by atoms with Gasteiger partial charge in [-0.15, -0.1) is 0 Å². The highest BCUT2D eigenvalue weighted by Gasteiger charge is 2.34. The van der Waals surface area contributed by atoms with E-state index < -0.39 is 28.5 Å². The first kappa shape index (κ1) is 32.5. The molecule has 0 bridgehead atoms. The van der Waals surface area contributed by atoms with Crippen molar-refractivity contribution in [2.24, 2.45) is 0 Å². The summed E-state index contributed by atoms with van der Waals surface area (Å²) < 4.78 is 39.9. The fourth-order valence-electron chi connectivity index (χ4n) is 4.66. The van der Waals surface area contributed by atoms with Crippen molar-refractivity contribution in [3.8, 4) is 11.5 Å². The molecule has 0 spiro atoms. The van der Waals surface area contributed by atoms with Crippen LogP contribution >= 0.6 is 0 Å². The molecule has 3 aromatic rings. The van der Waals surface area contributed by atoms with Crippen molar-refractivity contribution in [2.45, 2.75) is 57.5 Å². The van der Waals surface area contributed by atoms with Crippen LogP contribution in [0.15, 0.2) is 77.7 Å². The number of benzene rings is 3. The minimum absolute atomic E-state index is 0.0635. The minimum atomic E-state index is -4.24. The summed E-state index contributed by atoms with van der Waals surface area (Å²) in [6.07, 6.45) is 2.10. The lowest BCUT2D eigenvalue weighted by atomic mass is 10.1. The Hall–Kier alpha value is -4.05. The maximum atomic E-state index is 14.1. The fourth-order valence-corrected chi connectivity index (χ4v) is 6.09. The van der Waals surface area contributed by atoms with Crippen molar-refractivity contribution in [1.29, 1.82) is 0 Å². The topological polar surface area (TPSA) is 105 Å². The third-order valence-electron chi connectivity index (χ3n) is 6.92. The maximum absolute atomic E-state index is 14.1. The molecule has 226 valence electrons. The predicted octanol–water partition coefficient (Wildman–Crippen LogP) is 4.93. The first-order chi connectivity index (χ1) is 20.2. The summed E-state index contributed by atoms with van der Waals surface area (Å²) in [6.45, 7) is 5.98. The second-order valence-corrected chi connectivity index (χ2v) is 11.8. The van der Waals surface area contributed by atoms with Gasteiger partial charge in [0, 0.05) is 19.2 Å². The number of amides is 2. The van der Waals surface area contributed by atoms with Crippen molar-refractivity contribution >= 4 is 27.5 Å². The zero-order chi connectivity index (χ0) is 30.7. The van der Waals surface area contributed by atoms with Crippen molar-refractivity contribution in [1.82, 2.24) is 10.2 Å². The second-order valence-electron chi connectivity index (χ2n) is 9.94. The molecule has 0 saturated heterocycles. The van der Waals surface area contributed by atoms with Crippen LogP contribution < -0.4 is 19.1 Å². The molecule has 0 aliphatic carbocycles. The van der Waals surface area contributed by atoms with E-state index in [1.165, 1.54) is 37.3 Å². The number of sulfonamides is 1. The summed E-state index contributed by atoms with van der Waals surface area (Å²) in [5.74, 6) is -0.139. The molecule has 0 aliphatic heterocycles. The van der Waals surface area contributed by atoms with Crippen LogP contribution in [0, 0.1) is 6.92 Å². The predicted molar refractivity (Wildman–Crippen MR) is 164 cm³/mol. The summed E-state index contributed by atoms with van der Waals surface area (Å²) in [5.41, 5.74) is 2.18. The molecular formula is C32H41N3O6S. The van der Waals surface area contributed by atoms with Crippen LogP contribution in [0.5, 0.6) is 11.5 Å². The van der Waals surface area contributed by atoms with Crippen LogP contribution in [0.4, 0.5) is 5.69 Å². The summed E-state index contributed by atoms with van der Waals surface area (Å²) in [7, 11) is -1.35. The molecule has 2 amide bonds. The molecule has 10 heteroatoms. The van der Waals surface area contributed by atoms with E-state index in [4.69, 9.17) is 9.47 Å². The first-order valence-corrected chi connectivity index (χ1v) is 15.5. The standard InChI is InChI=1S/C32H41N3O6S/c1-6-8-19-33-32(37)28(7-2)34(22-25-14-12-13-24(3)20-25)31(36)23-35(26-15-10-9-11-16-26)42(38,39)27-17-18-29(40-4)30(21-27)41-5/h9-18,20-21,28H,6-8,19,22-23H2,1-5H3,(H,33,37)/t28-/m1/s1. The number of nitrogens with zero attached hydrogens (tertiary/aromatic N) is 2. The Morgan fingerprint density at radius 2 is 1.62 bits per heavy atom. The number of hydrogen-bond acceptors (Lipinski definition) is 6. The van der Waals surface area contributed by atoms with E-state index in [-0.39, 0.29) is 23.1 Å². The number of rotatable bonds is 15. The van der Waals surface area contributed by atoms with Crippen molar-refractivity contribution in [2.75, 3.05) is 31.6 Å². The summed E-state index contributed by atoms with van der Waals surface area (Å²) in [6, 6.07) is 19.7. The monoisotopic (exact) mass is 595 g/mol. The Balaban J connectivity index is 2.05. The highest BCUT2D eigenvalue weighted by molar-refractivity contribution is 7.92. The molecular weight excluding hydrogens is 554 g/mol. The molecule has 1 atom stereocenters. The minimum Gasteiger partial charge on any atom is -0.493 e. The molecule has 1 N–H and O–H groups in total. The molecule has 3 rings (SSSR count). The van der Waals surface area contributed by atoms with E-state index in [2.05, 4.69) is 5.32 Å². The summed E-state index contributed by atoms with van der Waals surface area (Å²) in [4.78, 5) is 28.9. The normalized spacial score (nSPS) is 11.8. The highest BCUT2D eigenvalue weighted by atomic mass is 32.2. The first-order valence-electron chi connectivity index (χ1n) is 14.1. The SMILES string of the molecule is CCCCNC(=O)[C@@H](CC)N(Cc1cccc(C)c1)C(=O)CN(c1ccccc1)S(=O)(=O)c1ccc(OC)c(OC)c1. The van der Waals surface area contributed by atoms with Crippen molar-refractivity contribution in [3.05, 3.63) is 83.9 Å². The molecule has 0 saturated carbocycles. The summed E-state index contributed by atoms with van der Waals surface area (Å²) >= 11 is 0. The van der Waals surface area contributed by atoms with Gasteiger partial charge >= 0.3 is 0 Å². The number of carbonyl (C=O) groups excluding carboxylic acids is 2. The quantitative estimate of drug-likeness (QED) is 0.250. The van der Waals surface area contributed by atoms with Gasteiger partial charge in [-0.1, -0.05) is 68.3 Å². The Labute approximate surface area is 249 Å². The molecule has 0 aromatic heterocycles. The third-order valence-corrected chi connectivity index (χ3v) is 8.69. The van der Waals surface area contributed by atoms with Gasteiger partial charge < -0.3 is 19.7 Å². The van der Waals surface area contributed by atoms with Gasteiger partial charge in [-0.25, -0.2) is 8.42 Å². The second kappa shape index (κ2) is 15.3. The number of carbonyl (C=O) groups is 2. The lowest BCUT2D eigenvalue weighted by Gasteiger charge is -2.33. The smallest absolute Gasteiger partial charge is 0.264 e. The van der Waals surface area contributed by atoms with Crippen LogP contribution in [0.2, 0.25) is 0 Å². The highest BCUT2D eigenvalue weighted by Crippen LogP contribution is 2.32. The zero-order valence-corrected chi connectivity index (χ0v) is 25.8. The van der Waals surface area contributed by atoms with Gasteiger partial charge in [-0.2, -0.15) is 0 Å². The van der Waals surface area contributed by atoms with Crippen LogP contribution in [-0.2, 0) is 26.2 Å². The van der Waals surface area contributed by atoms with Gasteiger partial charge in [0.2, 0.25) is 11.8 Å². The van der Waals surface area contributed by atoms with Gasteiger partial charge in [0.05, 0.1) is 24.8 Å². The van der Waals surface area contributed by atoms with Gasteiger partial charge in [0.15, 0.2) is 11.5 Å². The van der Waals surface area contributed by atoms with E-state index in [0.717, 1.165) is 28.3 Å². The van der Waals surface area contributed by atoms with Crippen LogP contribution in [0.25, 0.3) is 0 Å². The van der Waals surface area contributed by atoms with Crippen LogP contribution in [0.3, 0.4) is 0 Å². The van der Waals surface area contributed by atoms with E-state index in [0.29, 0.717) is 24.4 Å². The Morgan fingerprint density at radius 1 is 0.905 bits per heavy atom. The van der Waals surface area contributed by atoms with Gasteiger partial charge in [-0.3, -0.25) is 13.9 Å². The number of aryl methyl sites for hydroxylation is 1. The van der Waals surface area contributed by atoms with E-state index in [1.54, 1.807) is 30.3 Å². The molecule has 0 unspecified atom stereocenters. The maximum Gasteiger partial charge on any atom is 0.264 e. The number of para-hydroxylation sites is 1. The summed E-state index contributed by atoms with van der Waals surface area (Å²) in [5, 5.41) is 2.94. The molecule has 0 heterocycles. The lowest BCUT2D eigenvalue weighted by Crippen LogP contribution is -2.52.